The van der Waals surface area contributed by atoms with Crippen molar-refractivity contribution in [1.29, 1.82) is 0 Å². The molecule has 0 aromatic rings. The van der Waals surface area contributed by atoms with Gasteiger partial charge in [-0.2, -0.15) is 0 Å². The van der Waals surface area contributed by atoms with Crippen molar-refractivity contribution in [2.75, 3.05) is 0 Å². The van der Waals surface area contributed by atoms with Crippen LogP contribution in [-0.2, 0) is 4.79 Å². The summed E-state index contributed by atoms with van der Waals surface area (Å²) in [5.74, 6) is 1.95. The average molecular weight is 136 g/mol. The summed E-state index contributed by atoms with van der Waals surface area (Å²) in [6, 6.07) is 0. The van der Waals surface area contributed by atoms with Crippen molar-refractivity contribution in [3.8, 4) is 0 Å². The molecule has 1 spiro atoms. The number of carbonyl (C=O) groups excluding carboxylic acids is 1. The van der Waals surface area contributed by atoms with E-state index in [0.717, 1.165) is 12.3 Å². The minimum Gasteiger partial charge on any atom is -0.299 e. The molecular formula is C9H12O. The number of carbonyl (C=O) groups is 1. The third-order valence-corrected chi connectivity index (χ3v) is 3.96. The van der Waals surface area contributed by atoms with Gasteiger partial charge in [-0.3, -0.25) is 4.79 Å². The van der Waals surface area contributed by atoms with Gasteiger partial charge in [0.2, 0.25) is 0 Å². The van der Waals surface area contributed by atoms with Crippen LogP contribution in [-0.4, -0.2) is 5.78 Å². The van der Waals surface area contributed by atoms with Crippen LogP contribution in [0, 0.1) is 17.3 Å². The van der Waals surface area contributed by atoms with Gasteiger partial charge in [0.1, 0.15) is 5.78 Å². The van der Waals surface area contributed by atoms with Crippen LogP contribution in [0.3, 0.4) is 0 Å². The lowest BCUT2D eigenvalue weighted by Gasteiger charge is -2.09. The number of hydrogen-bond donors (Lipinski definition) is 0. The molecule has 10 heavy (non-hydrogen) atoms. The molecule has 3 atom stereocenters. The minimum atomic E-state index is 0.542. The maximum Gasteiger partial charge on any atom is 0.136 e. The maximum absolute atomic E-state index is 11.2. The Morgan fingerprint density at radius 2 is 2.40 bits per heavy atom. The minimum absolute atomic E-state index is 0.542. The maximum atomic E-state index is 11.2. The van der Waals surface area contributed by atoms with E-state index in [9.17, 15) is 4.79 Å². The molecule has 0 heterocycles. The first-order valence-corrected chi connectivity index (χ1v) is 4.36. The van der Waals surface area contributed by atoms with Gasteiger partial charge >= 0.3 is 0 Å². The highest BCUT2D eigenvalue weighted by Crippen LogP contribution is 2.71. The van der Waals surface area contributed by atoms with Crippen molar-refractivity contribution in [2.45, 2.75) is 32.1 Å². The lowest BCUT2D eigenvalue weighted by molar-refractivity contribution is -0.119. The summed E-state index contributed by atoms with van der Waals surface area (Å²) in [5.41, 5.74) is 0.594. The Bertz CT molecular complexity index is 209. The van der Waals surface area contributed by atoms with E-state index in [4.69, 9.17) is 0 Å². The van der Waals surface area contributed by atoms with Gasteiger partial charge in [0.25, 0.3) is 0 Å². The largest absolute Gasteiger partial charge is 0.299 e. The third kappa shape index (κ3) is 0.388. The molecule has 3 rings (SSSR count). The molecule has 0 bridgehead atoms. The van der Waals surface area contributed by atoms with E-state index >= 15 is 0 Å². The average Bonchev–Trinajstić information content (AvgIpc) is 2.37. The highest BCUT2D eigenvalue weighted by atomic mass is 16.1. The Hall–Kier alpha value is -0.330. The van der Waals surface area contributed by atoms with Crippen LogP contribution >= 0.6 is 0 Å². The molecule has 0 N–H and O–H groups in total. The number of Topliss-reactive ketones (excluding diaryl/α,β-unsaturated/α-hetero) is 1. The second-order valence-corrected chi connectivity index (χ2v) is 4.25. The van der Waals surface area contributed by atoms with Gasteiger partial charge in [-0.15, -0.1) is 0 Å². The van der Waals surface area contributed by atoms with Gasteiger partial charge in [-0.05, 0) is 30.6 Å². The first-order chi connectivity index (χ1) is 4.83. The lowest BCUT2D eigenvalue weighted by Crippen LogP contribution is -2.03. The molecule has 0 radical (unpaired) electrons. The Balaban J connectivity index is 2.02. The standard InChI is InChI=1S/C9H12O/c10-8-4-6-2-1-3-9(6)5-7(8)9/h6-7H,1-5H2. The van der Waals surface area contributed by atoms with Crippen LogP contribution in [0.2, 0.25) is 0 Å². The van der Waals surface area contributed by atoms with Crippen LogP contribution in [0.15, 0.2) is 0 Å². The highest BCUT2D eigenvalue weighted by molar-refractivity contribution is 5.88. The predicted molar refractivity (Wildman–Crippen MR) is 37.5 cm³/mol. The van der Waals surface area contributed by atoms with E-state index < -0.39 is 0 Å². The monoisotopic (exact) mass is 136 g/mol. The SMILES string of the molecule is O=C1CC2CCCC23CC13. The first kappa shape index (κ1) is 5.34. The Morgan fingerprint density at radius 3 is 3.10 bits per heavy atom. The third-order valence-electron chi connectivity index (χ3n) is 3.96. The van der Waals surface area contributed by atoms with Gasteiger partial charge in [0.15, 0.2) is 0 Å². The van der Waals surface area contributed by atoms with Crippen LogP contribution < -0.4 is 0 Å². The van der Waals surface area contributed by atoms with E-state index in [0.29, 0.717) is 17.1 Å². The summed E-state index contributed by atoms with van der Waals surface area (Å²) in [7, 11) is 0. The Kier molecular flexibility index (Phi) is 0.704. The summed E-state index contributed by atoms with van der Waals surface area (Å²) in [6.07, 6.45) is 6.31. The molecule has 0 aromatic heterocycles. The topological polar surface area (TPSA) is 17.1 Å². The fourth-order valence-electron chi connectivity index (χ4n) is 3.34. The number of hydrogen-bond acceptors (Lipinski definition) is 1. The van der Waals surface area contributed by atoms with Crippen LogP contribution in [0.5, 0.6) is 0 Å². The molecule has 3 unspecified atom stereocenters. The van der Waals surface area contributed by atoms with Crippen LogP contribution in [0.25, 0.3) is 0 Å². The highest BCUT2D eigenvalue weighted by Gasteiger charge is 2.67. The lowest BCUT2D eigenvalue weighted by atomic mass is 9.95. The second kappa shape index (κ2) is 1.32. The normalized spacial score (nSPS) is 56.6. The van der Waals surface area contributed by atoms with E-state index in [1.165, 1.54) is 25.7 Å². The second-order valence-electron chi connectivity index (χ2n) is 4.25. The van der Waals surface area contributed by atoms with Crippen molar-refractivity contribution in [2.24, 2.45) is 17.3 Å². The van der Waals surface area contributed by atoms with Gasteiger partial charge < -0.3 is 0 Å². The van der Waals surface area contributed by atoms with Gasteiger partial charge in [-0.25, -0.2) is 0 Å². The zero-order valence-corrected chi connectivity index (χ0v) is 6.10. The predicted octanol–water partition coefficient (Wildman–Crippen LogP) is 1.77. The van der Waals surface area contributed by atoms with E-state index in [1.54, 1.807) is 0 Å². The van der Waals surface area contributed by atoms with Gasteiger partial charge in [-0.1, -0.05) is 6.42 Å². The molecular weight excluding hydrogens is 124 g/mol. The van der Waals surface area contributed by atoms with E-state index in [-0.39, 0.29) is 0 Å². The summed E-state index contributed by atoms with van der Waals surface area (Å²) in [5, 5.41) is 0. The molecule has 3 aliphatic rings. The van der Waals surface area contributed by atoms with E-state index in [2.05, 4.69) is 0 Å². The fraction of sp³-hybridized carbons (Fsp3) is 0.889. The quantitative estimate of drug-likeness (QED) is 0.496. The molecule has 3 fully saturated rings. The zero-order valence-electron chi connectivity index (χ0n) is 6.10. The molecule has 54 valence electrons. The molecule has 0 amide bonds. The van der Waals surface area contributed by atoms with Gasteiger partial charge in [0.05, 0.1) is 0 Å². The van der Waals surface area contributed by atoms with Crippen molar-refractivity contribution in [1.82, 2.24) is 0 Å². The van der Waals surface area contributed by atoms with Crippen molar-refractivity contribution >= 4 is 5.78 Å². The van der Waals surface area contributed by atoms with Crippen LogP contribution in [0.4, 0.5) is 0 Å². The summed E-state index contributed by atoms with van der Waals surface area (Å²) in [6.45, 7) is 0. The Labute approximate surface area is 60.8 Å². The molecule has 1 heteroatoms. The number of ketones is 1. The van der Waals surface area contributed by atoms with Crippen LogP contribution in [0.1, 0.15) is 32.1 Å². The fourth-order valence-corrected chi connectivity index (χ4v) is 3.34. The van der Waals surface area contributed by atoms with Crippen molar-refractivity contribution in [3.63, 3.8) is 0 Å². The number of rotatable bonds is 0. The summed E-state index contributed by atoms with van der Waals surface area (Å²) < 4.78 is 0. The molecule has 1 nitrogen and oxygen atoms in total. The van der Waals surface area contributed by atoms with Crippen molar-refractivity contribution in [3.05, 3.63) is 0 Å². The van der Waals surface area contributed by atoms with E-state index in [1.807, 2.05) is 0 Å². The molecule has 3 aliphatic carbocycles. The molecule has 0 saturated heterocycles. The smallest absolute Gasteiger partial charge is 0.136 e. The summed E-state index contributed by atoms with van der Waals surface area (Å²) in [4.78, 5) is 11.2. The Morgan fingerprint density at radius 1 is 1.50 bits per heavy atom. The molecule has 3 saturated carbocycles. The zero-order chi connectivity index (χ0) is 6.77. The van der Waals surface area contributed by atoms with Gasteiger partial charge in [0, 0.05) is 12.3 Å². The first-order valence-electron chi connectivity index (χ1n) is 4.36. The summed E-state index contributed by atoms with van der Waals surface area (Å²) >= 11 is 0. The van der Waals surface area contributed by atoms with Crippen molar-refractivity contribution < 1.29 is 4.79 Å². The molecule has 0 aromatic carbocycles. The molecule has 0 aliphatic heterocycles.